The van der Waals surface area contributed by atoms with Crippen LogP contribution in [0.25, 0.3) is 0 Å². The van der Waals surface area contributed by atoms with Crippen LogP contribution >= 0.6 is 35.9 Å². The summed E-state index contributed by atoms with van der Waals surface area (Å²) in [6, 6.07) is 0. The highest BCUT2D eigenvalue weighted by Crippen LogP contribution is 2.18. The lowest BCUT2D eigenvalue weighted by molar-refractivity contribution is -0.152. The summed E-state index contributed by atoms with van der Waals surface area (Å²) >= 11 is 4.99. The average molecular weight is 424 g/mol. The summed E-state index contributed by atoms with van der Waals surface area (Å²) in [5, 5.41) is 48.7. The third-order valence-corrected chi connectivity index (χ3v) is 3.82. The molecule has 20 heavy (non-hydrogen) atoms. The standard InChI is InChI=1S/C9H18BIO8S/c1-3(18-11)5(13)7(15)8(16)9(19-20)6(14)4(12)2-17-10/h3-9,12-16,20H,2H2,1H3. The van der Waals surface area contributed by atoms with Gasteiger partial charge in [-0.15, -0.1) is 0 Å². The van der Waals surface area contributed by atoms with Crippen LogP contribution in [-0.4, -0.2) is 82.9 Å². The first-order valence-corrected chi connectivity index (χ1v) is 6.86. The van der Waals surface area contributed by atoms with Crippen molar-refractivity contribution in [2.45, 2.75) is 49.7 Å². The normalized spacial score (nSPS) is 22.6. The Morgan fingerprint density at radius 3 is 2.00 bits per heavy atom. The molecule has 0 aromatic heterocycles. The summed E-state index contributed by atoms with van der Waals surface area (Å²) in [4.78, 5) is 0. The Kier molecular flexibility index (Phi) is 11.0. The van der Waals surface area contributed by atoms with Crippen molar-refractivity contribution < 1.29 is 37.4 Å². The Morgan fingerprint density at radius 2 is 1.60 bits per heavy atom. The Labute approximate surface area is 137 Å². The van der Waals surface area contributed by atoms with Gasteiger partial charge in [-0.2, -0.15) is 0 Å². The lowest BCUT2D eigenvalue weighted by Gasteiger charge is -2.33. The van der Waals surface area contributed by atoms with Crippen molar-refractivity contribution in [2.24, 2.45) is 0 Å². The summed E-state index contributed by atoms with van der Waals surface area (Å²) in [6.07, 6.45) is -10.3. The van der Waals surface area contributed by atoms with E-state index in [4.69, 9.17) is 11.1 Å². The Hall–Kier alpha value is 0.825. The molecule has 0 fully saturated rings. The SMILES string of the molecule is [B]OCC(O)C(O)C(OS)C(O)C(O)C(O)C(C)OI. The molecule has 5 N–H and O–H groups in total. The molecule has 0 rings (SSSR count). The van der Waals surface area contributed by atoms with Gasteiger partial charge in [0.25, 0.3) is 8.05 Å². The Morgan fingerprint density at radius 1 is 1.05 bits per heavy atom. The summed E-state index contributed by atoms with van der Waals surface area (Å²) in [5.74, 6) is 0. The summed E-state index contributed by atoms with van der Waals surface area (Å²) in [5.41, 5.74) is 0. The number of hydrogen-bond donors (Lipinski definition) is 6. The van der Waals surface area contributed by atoms with Crippen molar-refractivity contribution in [1.29, 1.82) is 0 Å². The molecule has 11 heteroatoms. The van der Waals surface area contributed by atoms with Gasteiger partial charge in [0.2, 0.25) is 0 Å². The molecule has 0 spiro atoms. The van der Waals surface area contributed by atoms with E-state index in [0.717, 1.165) is 0 Å². The van der Waals surface area contributed by atoms with Gasteiger partial charge >= 0.3 is 0 Å². The van der Waals surface area contributed by atoms with Crippen LogP contribution in [0.1, 0.15) is 6.92 Å². The van der Waals surface area contributed by atoms with E-state index >= 15 is 0 Å². The van der Waals surface area contributed by atoms with E-state index in [1.165, 1.54) is 29.9 Å². The third kappa shape index (κ3) is 5.91. The van der Waals surface area contributed by atoms with Gasteiger partial charge in [0.15, 0.2) is 0 Å². The van der Waals surface area contributed by atoms with Crippen LogP contribution in [-0.2, 0) is 11.9 Å². The van der Waals surface area contributed by atoms with Crippen LogP contribution in [0.4, 0.5) is 0 Å². The molecule has 7 atom stereocenters. The minimum absolute atomic E-state index is 0.423. The van der Waals surface area contributed by atoms with Crippen LogP contribution in [0.5, 0.6) is 0 Å². The second-order valence-electron chi connectivity index (χ2n) is 4.23. The van der Waals surface area contributed by atoms with E-state index < -0.39 is 49.3 Å². The van der Waals surface area contributed by atoms with Crippen LogP contribution in [0.2, 0.25) is 0 Å². The number of aliphatic hydroxyl groups excluding tert-OH is 5. The number of halogens is 1. The molecular weight excluding hydrogens is 406 g/mol. The molecule has 0 saturated carbocycles. The third-order valence-electron chi connectivity index (χ3n) is 2.78. The predicted molar refractivity (Wildman–Crippen MR) is 80.2 cm³/mol. The van der Waals surface area contributed by atoms with Crippen molar-refractivity contribution in [3.63, 3.8) is 0 Å². The number of thiol groups is 1. The first-order chi connectivity index (χ1) is 9.31. The van der Waals surface area contributed by atoms with E-state index in [1.54, 1.807) is 0 Å². The number of aliphatic hydroxyl groups is 5. The molecule has 8 nitrogen and oxygen atoms in total. The molecule has 0 saturated heterocycles. The van der Waals surface area contributed by atoms with Crippen molar-refractivity contribution in [3.8, 4) is 0 Å². The predicted octanol–water partition coefficient (Wildman–Crippen LogP) is -2.12. The van der Waals surface area contributed by atoms with Crippen LogP contribution in [0.3, 0.4) is 0 Å². The fraction of sp³-hybridized carbons (Fsp3) is 1.00. The first kappa shape index (κ1) is 20.8. The molecular formula is C9H18BIO8S. The molecule has 7 unspecified atom stereocenters. The highest BCUT2D eigenvalue weighted by Gasteiger charge is 2.40. The van der Waals surface area contributed by atoms with Crippen molar-refractivity contribution in [3.05, 3.63) is 0 Å². The second kappa shape index (κ2) is 10.5. The second-order valence-corrected chi connectivity index (χ2v) is 4.95. The lowest BCUT2D eigenvalue weighted by Crippen LogP contribution is -2.55. The van der Waals surface area contributed by atoms with Crippen LogP contribution in [0, 0.1) is 0 Å². The van der Waals surface area contributed by atoms with E-state index in [9.17, 15) is 25.5 Å². The van der Waals surface area contributed by atoms with Gasteiger partial charge in [-0.3, -0.25) is 0 Å². The monoisotopic (exact) mass is 424 g/mol. The fourth-order valence-corrected chi connectivity index (χ4v) is 2.02. The maximum absolute atomic E-state index is 9.89. The van der Waals surface area contributed by atoms with E-state index in [1.807, 2.05) is 0 Å². The zero-order valence-electron chi connectivity index (χ0n) is 10.6. The van der Waals surface area contributed by atoms with Gasteiger partial charge in [0.05, 0.1) is 12.7 Å². The molecule has 0 amide bonds. The number of hydrogen-bond acceptors (Lipinski definition) is 9. The number of rotatable bonds is 10. The largest absolute Gasteiger partial charge is 0.445 e. The molecule has 118 valence electrons. The topological polar surface area (TPSA) is 129 Å². The van der Waals surface area contributed by atoms with Gasteiger partial charge in [0.1, 0.15) is 59.6 Å². The summed E-state index contributed by atoms with van der Waals surface area (Å²) in [7, 11) is 4.75. The van der Waals surface area contributed by atoms with Gasteiger partial charge < -0.3 is 37.4 Å². The molecule has 0 heterocycles. The average Bonchev–Trinajstić information content (AvgIpc) is 2.45. The highest BCUT2D eigenvalue weighted by atomic mass is 127. The first-order valence-electron chi connectivity index (χ1n) is 5.61. The van der Waals surface area contributed by atoms with Crippen molar-refractivity contribution >= 4 is 44.0 Å². The Balaban J connectivity index is 4.79. The van der Waals surface area contributed by atoms with Gasteiger partial charge in [0, 0.05) is 0 Å². The quantitative estimate of drug-likeness (QED) is 0.102. The summed E-state index contributed by atoms with van der Waals surface area (Å²) < 4.78 is 13.5. The molecule has 0 aliphatic heterocycles. The molecule has 0 aliphatic rings. The van der Waals surface area contributed by atoms with E-state index in [0.29, 0.717) is 0 Å². The zero-order valence-corrected chi connectivity index (χ0v) is 13.7. The molecule has 0 aromatic rings. The molecule has 0 bridgehead atoms. The Bertz CT molecular complexity index is 266. The lowest BCUT2D eigenvalue weighted by atomic mass is 9.95. The summed E-state index contributed by atoms with van der Waals surface area (Å²) in [6.45, 7) is 1.05. The maximum Gasteiger partial charge on any atom is 0.282 e. The van der Waals surface area contributed by atoms with Crippen molar-refractivity contribution in [1.82, 2.24) is 0 Å². The van der Waals surface area contributed by atoms with Gasteiger partial charge in [-0.05, 0) is 19.8 Å². The fourth-order valence-electron chi connectivity index (χ4n) is 1.47. The smallest absolute Gasteiger partial charge is 0.282 e. The zero-order chi connectivity index (χ0) is 15.9. The van der Waals surface area contributed by atoms with E-state index in [-0.39, 0.29) is 0 Å². The van der Waals surface area contributed by atoms with Crippen molar-refractivity contribution in [2.75, 3.05) is 6.61 Å². The molecule has 0 aromatic carbocycles. The van der Waals surface area contributed by atoms with Crippen LogP contribution < -0.4 is 0 Å². The molecule has 0 aliphatic carbocycles. The minimum atomic E-state index is -1.74. The van der Waals surface area contributed by atoms with Gasteiger partial charge in [-0.25, -0.2) is 0 Å². The van der Waals surface area contributed by atoms with Gasteiger partial charge in [-0.1, -0.05) is 0 Å². The highest BCUT2D eigenvalue weighted by molar-refractivity contribution is 14.1. The van der Waals surface area contributed by atoms with Crippen LogP contribution in [0.15, 0.2) is 0 Å². The molecule has 2 radical (unpaired) electrons. The minimum Gasteiger partial charge on any atom is -0.445 e. The van der Waals surface area contributed by atoms with E-state index in [2.05, 4.69) is 21.7 Å². The maximum atomic E-state index is 9.89.